The molecule has 3 heteroatoms. The number of rotatable bonds is 4. The third-order valence-electron chi connectivity index (χ3n) is 3.09. The average Bonchev–Trinajstić information content (AvgIpc) is 2.42. The summed E-state index contributed by atoms with van der Waals surface area (Å²) in [6, 6.07) is 17.4. The van der Waals surface area contributed by atoms with Crippen LogP contribution in [0, 0.1) is 0 Å². The van der Waals surface area contributed by atoms with E-state index in [-0.39, 0.29) is 5.91 Å². The van der Waals surface area contributed by atoms with Crippen molar-refractivity contribution >= 4 is 11.6 Å². The van der Waals surface area contributed by atoms with Gasteiger partial charge in [-0.15, -0.1) is 0 Å². The average molecular weight is 254 g/mol. The van der Waals surface area contributed by atoms with Gasteiger partial charge in [-0.3, -0.25) is 4.79 Å². The molecule has 1 amide bonds. The summed E-state index contributed by atoms with van der Waals surface area (Å²) in [5, 5.41) is 0. The molecule has 2 N–H and O–H groups in total. The Morgan fingerprint density at radius 3 is 2.37 bits per heavy atom. The topological polar surface area (TPSA) is 46.3 Å². The summed E-state index contributed by atoms with van der Waals surface area (Å²) in [6.45, 7) is 0.540. The minimum absolute atomic E-state index is 0.0921. The number of carbonyl (C=O) groups excluding carboxylic acids is 1. The lowest BCUT2D eigenvalue weighted by atomic mass is 10.1. The number of amides is 1. The van der Waals surface area contributed by atoms with Crippen molar-refractivity contribution < 1.29 is 4.79 Å². The van der Waals surface area contributed by atoms with Gasteiger partial charge < -0.3 is 10.6 Å². The van der Waals surface area contributed by atoms with Crippen LogP contribution in [0.5, 0.6) is 0 Å². The van der Waals surface area contributed by atoms with Gasteiger partial charge in [0.1, 0.15) is 0 Å². The number of likely N-dealkylation sites (N-methyl/N-ethyl adjacent to an activating group) is 1. The number of anilines is 1. The van der Waals surface area contributed by atoms with Crippen molar-refractivity contribution in [3.05, 3.63) is 65.7 Å². The fourth-order valence-electron chi connectivity index (χ4n) is 1.93. The van der Waals surface area contributed by atoms with E-state index in [0.29, 0.717) is 13.0 Å². The van der Waals surface area contributed by atoms with Crippen molar-refractivity contribution in [2.75, 3.05) is 12.8 Å². The van der Waals surface area contributed by atoms with Gasteiger partial charge >= 0.3 is 0 Å². The van der Waals surface area contributed by atoms with Crippen LogP contribution in [0.25, 0.3) is 0 Å². The Labute approximate surface area is 113 Å². The smallest absolute Gasteiger partial charge is 0.227 e. The predicted octanol–water partition coefficient (Wildman–Crippen LogP) is 2.47. The summed E-state index contributed by atoms with van der Waals surface area (Å²) in [7, 11) is 1.80. The molecule has 2 rings (SSSR count). The minimum Gasteiger partial charge on any atom is -0.398 e. The summed E-state index contributed by atoms with van der Waals surface area (Å²) >= 11 is 0. The summed E-state index contributed by atoms with van der Waals surface area (Å²) in [6.07, 6.45) is 0.421. The van der Waals surface area contributed by atoms with Crippen LogP contribution in [0.15, 0.2) is 54.6 Å². The molecule has 3 nitrogen and oxygen atoms in total. The Morgan fingerprint density at radius 1 is 1.05 bits per heavy atom. The molecule has 0 atom stereocenters. The van der Waals surface area contributed by atoms with E-state index in [1.165, 1.54) is 0 Å². The molecule has 2 aromatic carbocycles. The lowest BCUT2D eigenvalue weighted by Crippen LogP contribution is -2.28. The van der Waals surface area contributed by atoms with Gasteiger partial charge in [0.25, 0.3) is 0 Å². The van der Waals surface area contributed by atoms with Crippen molar-refractivity contribution in [2.24, 2.45) is 0 Å². The lowest BCUT2D eigenvalue weighted by Gasteiger charge is -2.18. The van der Waals surface area contributed by atoms with Crippen molar-refractivity contribution in [2.45, 2.75) is 13.0 Å². The molecule has 19 heavy (non-hydrogen) atoms. The zero-order valence-corrected chi connectivity index (χ0v) is 11.0. The van der Waals surface area contributed by atoms with E-state index < -0.39 is 0 Å². The molecule has 2 aromatic rings. The van der Waals surface area contributed by atoms with Gasteiger partial charge in [-0.2, -0.15) is 0 Å². The number of hydrogen-bond donors (Lipinski definition) is 1. The number of nitrogens with zero attached hydrogens (tertiary/aromatic N) is 1. The molecule has 0 unspecified atom stereocenters. The van der Waals surface area contributed by atoms with Crippen LogP contribution < -0.4 is 5.73 Å². The second-order valence-electron chi connectivity index (χ2n) is 4.61. The number of nitrogens with two attached hydrogens (primary N) is 1. The van der Waals surface area contributed by atoms with Crippen LogP contribution in [0.1, 0.15) is 11.1 Å². The fourth-order valence-corrected chi connectivity index (χ4v) is 1.93. The van der Waals surface area contributed by atoms with E-state index in [0.717, 1.165) is 16.8 Å². The Morgan fingerprint density at radius 2 is 1.68 bits per heavy atom. The van der Waals surface area contributed by atoms with E-state index in [1.54, 1.807) is 11.9 Å². The lowest BCUT2D eigenvalue weighted by molar-refractivity contribution is -0.129. The molecule has 0 aromatic heterocycles. The number of carbonyl (C=O) groups is 1. The standard InChI is InChI=1S/C16H18N2O/c1-18(12-14-9-5-6-10-15(14)17)16(19)11-13-7-3-2-4-8-13/h2-10H,11-12,17H2,1H3. The normalized spacial score (nSPS) is 10.2. The van der Waals surface area contributed by atoms with Crippen LogP contribution in [0.4, 0.5) is 5.69 Å². The van der Waals surface area contributed by atoms with E-state index in [1.807, 2.05) is 54.6 Å². The quantitative estimate of drug-likeness (QED) is 0.852. The van der Waals surface area contributed by atoms with Crippen LogP contribution in [-0.2, 0) is 17.8 Å². The molecule has 0 aliphatic carbocycles. The van der Waals surface area contributed by atoms with Crippen molar-refractivity contribution in [1.82, 2.24) is 4.90 Å². The van der Waals surface area contributed by atoms with Crippen molar-refractivity contribution in [1.29, 1.82) is 0 Å². The number of benzene rings is 2. The highest BCUT2D eigenvalue weighted by atomic mass is 16.2. The Balaban J connectivity index is 1.98. The van der Waals surface area contributed by atoms with Crippen molar-refractivity contribution in [3.63, 3.8) is 0 Å². The maximum absolute atomic E-state index is 12.1. The molecular weight excluding hydrogens is 236 g/mol. The molecule has 98 valence electrons. The Kier molecular flexibility index (Phi) is 4.18. The minimum atomic E-state index is 0.0921. The maximum Gasteiger partial charge on any atom is 0.227 e. The zero-order chi connectivity index (χ0) is 13.7. The van der Waals surface area contributed by atoms with Gasteiger partial charge in [-0.25, -0.2) is 0 Å². The summed E-state index contributed by atoms with van der Waals surface area (Å²) in [4.78, 5) is 13.8. The monoisotopic (exact) mass is 254 g/mol. The molecule has 0 aliphatic heterocycles. The van der Waals surface area contributed by atoms with E-state index in [2.05, 4.69) is 0 Å². The first kappa shape index (κ1) is 13.1. The van der Waals surface area contributed by atoms with Crippen LogP contribution in [-0.4, -0.2) is 17.9 Å². The molecule has 0 aliphatic rings. The molecule has 0 spiro atoms. The van der Waals surface area contributed by atoms with E-state index >= 15 is 0 Å². The third kappa shape index (κ3) is 3.58. The Hall–Kier alpha value is -2.29. The summed E-state index contributed by atoms with van der Waals surface area (Å²) < 4.78 is 0. The molecule has 0 fully saturated rings. The van der Waals surface area contributed by atoms with Crippen LogP contribution in [0.3, 0.4) is 0 Å². The second kappa shape index (κ2) is 6.05. The van der Waals surface area contributed by atoms with Gasteiger partial charge in [-0.1, -0.05) is 48.5 Å². The SMILES string of the molecule is CN(Cc1ccccc1N)C(=O)Cc1ccccc1. The van der Waals surface area contributed by atoms with E-state index in [9.17, 15) is 4.79 Å². The largest absolute Gasteiger partial charge is 0.398 e. The number of para-hydroxylation sites is 1. The first-order valence-electron chi connectivity index (χ1n) is 6.28. The Bertz CT molecular complexity index is 552. The molecule has 0 radical (unpaired) electrons. The highest BCUT2D eigenvalue weighted by Crippen LogP contribution is 2.13. The zero-order valence-electron chi connectivity index (χ0n) is 11.0. The van der Waals surface area contributed by atoms with Gasteiger partial charge in [0.15, 0.2) is 0 Å². The first-order valence-corrected chi connectivity index (χ1v) is 6.28. The molecular formula is C16H18N2O. The summed E-state index contributed by atoms with van der Waals surface area (Å²) in [5.41, 5.74) is 8.61. The van der Waals surface area contributed by atoms with Crippen molar-refractivity contribution in [3.8, 4) is 0 Å². The number of nitrogen functional groups attached to an aromatic ring is 1. The molecule has 0 bridgehead atoms. The second-order valence-corrected chi connectivity index (χ2v) is 4.61. The fraction of sp³-hybridized carbons (Fsp3) is 0.188. The highest BCUT2D eigenvalue weighted by Gasteiger charge is 2.11. The maximum atomic E-state index is 12.1. The van der Waals surface area contributed by atoms with Gasteiger partial charge in [-0.05, 0) is 17.2 Å². The predicted molar refractivity (Wildman–Crippen MR) is 77.5 cm³/mol. The van der Waals surface area contributed by atoms with Gasteiger partial charge in [0.2, 0.25) is 5.91 Å². The molecule has 0 heterocycles. The van der Waals surface area contributed by atoms with Gasteiger partial charge in [0.05, 0.1) is 6.42 Å². The van der Waals surface area contributed by atoms with Gasteiger partial charge in [0, 0.05) is 19.3 Å². The van der Waals surface area contributed by atoms with E-state index in [4.69, 9.17) is 5.73 Å². The first-order chi connectivity index (χ1) is 9.16. The van der Waals surface area contributed by atoms with Crippen LogP contribution >= 0.6 is 0 Å². The third-order valence-corrected chi connectivity index (χ3v) is 3.09. The number of hydrogen-bond acceptors (Lipinski definition) is 2. The summed E-state index contributed by atoms with van der Waals surface area (Å²) in [5.74, 6) is 0.0921. The highest BCUT2D eigenvalue weighted by molar-refractivity contribution is 5.78. The molecule has 0 saturated carbocycles. The van der Waals surface area contributed by atoms with Crippen LogP contribution in [0.2, 0.25) is 0 Å². The molecule has 0 saturated heterocycles.